The highest BCUT2D eigenvalue weighted by Crippen LogP contribution is 2.29. The predicted molar refractivity (Wildman–Crippen MR) is 121 cm³/mol. The molecule has 0 saturated carbocycles. The zero-order valence-corrected chi connectivity index (χ0v) is 17.9. The van der Waals surface area contributed by atoms with Gasteiger partial charge in [0.05, 0.1) is 11.9 Å². The third kappa shape index (κ3) is 4.40. The maximum atomic E-state index is 12.6. The van der Waals surface area contributed by atoms with Crippen LogP contribution in [0.15, 0.2) is 42.9 Å². The summed E-state index contributed by atoms with van der Waals surface area (Å²) in [4.78, 5) is 26.8. The monoisotopic (exact) mass is 406 g/mol. The number of carbonyl (C=O) groups excluding carboxylic acids is 1. The maximum Gasteiger partial charge on any atom is 0.239 e. The van der Waals surface area contributed by atoms with Crippen LogP contribution in [-0.4, -0.2) is 46.5 Å². The van der Waals surface area contributed by atoms with Crippen molar-refractivity contribution >= 4 is 28.4 Å². The molecule has 7 nitrogen and oxygen atoms in total. The molecule has 0 spiro atoms. The normalized spacial score (nSPS) is 17.2. The Morgan fingerprint density at radius 2 is 2.07 bits per heavy atom. The largest absolute Gasteiger partial charge is 0.376 e. The molecule has 0 radical (unpaired) electrons. The number of H-pyrrole nitrogens is 1. The van der Waals surface area contributed by atoms with Crippen molar-refractivity contribution < 1.29 is 4.79 Å². The van der Waals surface area contributed by atoms with Crippen LogP contribution in [0, 0.1) is 0 Å². The second-order valence-electron chi connectivity index (χ2n) is 8.94. The van der Waals surface area contributed by atoms with Gasteiger partial charge in [0.2, 0.25) is 5.91 Å². The van der Waals surface area contributed by atoms with Gasteiger partial charge in [-0.05, 0) is 36.0 Å². The number of nitrogens with one attached hydrogen (secondary N) is 3. The van der Waals surface area contributed by atoms with Crippen LogP contribution in [0.2, 0.25) is 0 Å². The molecule has 0 aliphatic carbocycles. The van der Waals surface area contributed by atoms with Gasteiger partial charge in [-0.3, -0.25) is 4.79 Å². The Hall–Kier alpha value is -3.09. The summed E-state index contributed by atoms with van der Waals surface area (Å²) in [6.07, 6.45) is 5.46. The van der Waals surface area contributed by atoms with E-state index in [1.807, 2.05) is 30.5 Å². The predicted octanol–water partition coefficient (Wildman–Crippen LogP) is 3.45. The van der Waals surface area contributed by atoms with Gasteiger partial charge in [0.25, 0.3) is 0 Å². The molecule has 1 amide bonds. The number of rotatable bonds is 5. The van der Waals surface area contributed by atoms with Crippen LogP contribution in [0.1, 0.15) is 39.2 Å². The lowest BCUT2D eigenvalue weighted by molar-refractivity contribution is -0.120. The van der Waals surface area contributed by atoms with Crippen LogP contribution in [0.4, 0.5) is 11.5 Å². The number of hydrogen-bond donors (Lipinski definition) is 3. The summed E-state index contributed by atoms with van der Waals surface area (Å²) in [6, 6.07) is 10.3. The van der Waals surface area contributed by atoms with E-state index in [9.17, 15) is 4.79 Å². The first kappa shape index (κ1) is 20.2. The first-order valence-electron chi connectivity index (χ1n) is 10.6. The summed E-state index contributed by atoms with van der Waals surface area (Å²) in [6.45, 7) is 8.48. The lowest BCUT2D eigenvalue weighted by Gasteiger charge is -2.34. The molecule has 3 heterocycles. The number of hydrogen-bond acceptors (Lipinski definition) is 5. The third-order valence-corrected chi connectivity index (χ3v) is 5.59. The van der Waals surface area contributed by atoms with E-state index >= 15 is 0 Å². The topological polar surface area (TPSA) is 85.9 Å². The number of aromatic amines is 1. The van der Waals surface area contributed by atoms with Gasteiger partial charge in [0.1, 0.15) is 17.8 Å². The van der Waals surface area contributed by atoms with Crippen LogP contribution in [0.25, 0.3) is 11.0 Å². The highest BCUT2D eigenvalue weighted by atomic mass is 16.2. The van der Waals surface area contributed by atoms with Crippen molar-refractivity contribution in [2.24, 2.45) is 0 Å². The highest BCUT2D eigenvalue weighted by molar-refractivity contribution is 5.87. The second-order valence-corrected chi connectivity index (χ2v) is 8.94. The van der Waals surface area contributed by atoms with E-state index in [0.29, 0.717) is 0 Å². The Kier molecular flexibility index (Phi) is 5.61. The molecular weight excluding hydrogens is 376 g/mol. The van der Waals surface area contributed by atoms with E-state index in [4.69, 9.17) is 0 Å². The van der Waals surface area contributed by atoms with Crippen LogP contribution in [0.5, 0.6) is 0 Å². The smallest absolute Gasteiger partial charge is 0.239 e. The number of anilines is 2. The van der Waals surface area contributed by atoms with E-state index < -0.39 is 0 Å². The van der Waals surface area contributed by atoms with E-state index in [1.165, 1.54) is 5.56 Å². The molecule has 7 heteroatoms. The summed E-state index contributed by atoms with van der Waals surface area (Å²) >= 11 is 0. The van der Waals surface area contributed by atoms with E-state index in [2.05, 4.69) is 57.3 Å². The first-order valence-corrected chi connectivity index (χ1v) is 10.6. The number of piperidine rings is 1. The van der Waals surface area contributed by atoms with Crippen LogP contribution in [-0.2, 0) is 10.2 Å². The van der Waals surface area contributed by atoms with E-state index in [-0.39, 0.29) is 23.9 Å². The molecule has 3 aromatic rings. The number of benzene rings is 1. The fourth-order valence-electron chi connectivity index (χ4n) is 4.14. The number of para-hydroxylation sites is 1. The summed E-state index contributed by atoms with van der Waals surface area (Å²) in [5.41, 5.74) is 3.08. The molecule has 1 fully saturated rings. The zero-order chi connectivity index (χ0) is 21.1. The number of carbonyl (C=O) groups is 1. The van der Waals surface area contributed by atoms with Gasteiger partial charge >= 0.3 is 0 Å². The van der Waals surface area contributed by atoms with Gasteiger partial charge < -0.3 is 20.5 Å². The standard InChI is InChI=1S/C23H30N6O/c1-23(2,3)18-8-4-5-9-19(18)25-13-20(30)28-16-7-6-12-29(14-16)22-17-10-11-24-21(17)26-15-27-22/h4-5,8-11,15-16,25H,6-7,12-14H2,1-3H3,(H,28,30)(H,24,26,27). The van der Waals surface area contributed by atoms with Crippen molar-refractivity contribution in [3.05, 3.63) is 48.4 Å². The Labute approximate surface area is 177 Å². The molecule has 158 valence electrons. The van der Waals surface area contributed by atoms with Gasteiger partial charge in [0.15, 0.2) is 0 Å². The fourth-order valence-corrected chi connectivity index (χ4v) is 4.14. The molecule has 1 atom stereocenters. The molecule has 2 aromatic heterocycles. The van der Waals surface area contributed by atoms with Crippen LogP contribution >= 0.6 is 0 Å². The summed E-state index contributed by atoms with van der Waals surface area (Å²) in [5, 5.41) is 7.54. The van der Waals surface area contributed by atoms with Crippen LogP contribution < -0.4 is 15.5 Å². The van der Waals surface area contributed by atoms with Crippen molar-refractivity contribution in [1.29, 1.82) is 0 Å². The van der Waals surface area contributed by atoms with Crippen molar-refractivity contribution in [3.8, 4) is 0 Å². The molecule has 3 N–H and O–H groups in total. The quantitative estimate of drug-likeness (QED) is 0.604. The van der Waals surface area contributed by atoms with Crippen molar-refractivity contribution in [1.82, 2.24) is 20.3 Å². The van der Waals surface area contributed by atoms with Crippen molar-refractivity contribution in [2.45, 2.75) is 45.1 Å². The summed E-state index contributed by atoms with van der Waals surface area (Å²) in [7, 11) is 0. The Morgan fingerprint density at radius 1 is 1.23 bits per heavy atom. The number of amides is 1. The molecule has 1 aromatic carbocycles. The zero-order valence-electron chi connectivity index (χ0n) is 17.9. The molecule has 4 rings (SSSR count). The first-order chi connectivity index (χ1) is 14.4. The Balaban J connectivity index is 1.37. The molecule has 1 saturated heterocycles. The number of nitrogens with zero attached hydrogens (tertiary/aromatic N) is 3. The average Bonchev–Trinajstić information content (AvgIpc) is 3.21. The van der Waals surface area contributed by atoms with E-state index in [1.54, 1.807) is 6.33 Å². The second kappa shape index (κ2) is 8.34. The van der Waals surface area contributed by atoms with Gasteiger partial charge in [0, 0.05) is 31.0 Å². The SMILES string of the molecule is CC(C)(C)c1ccccc1NCC(=O)NC1CCCN(c2ncnc3[nH]ccc23)C1. The van der Waals surface area contributed by atoms with Gasteiger partial charge in [-0.15, -0.1) is 0 Å². The van der Waals surface area contributed by atoms with E-state index in [0.717, 1.165) is 48.5 Å². The molecule has 1 aliphatic heterocycles. The Bertz CT molecular complexity index is 1020. The molecule has 30 heavy (non-hydrogen) atoms. The average molecular weight is 407 g/mol. The minimum atomic E-state index is 0.0139. The summed E-state index contributed by atoms with van der Waals surface area (Å²) in [5.74, 6) is 0.942. The Morgan fingerprint density at radius 3 is 2.90 bits per heavy atom. The third-order valence-electron chi connectivity index (χ3n) is 5.59. The summed E-state index contributed by atoms with van der Waals surface area (Å²) < 4.78 is 0. The van der Waals surface area contributed by atoms with Crippen molar-refractivity contribution in [3.63, 3.8) is 0 Å². The molecule has 0 bridgehead atoms. The highest BCUT2D eigenvalue weighted by Gasteiger charge is 2.24. The number of aromatic nitrogens is 3. The van der Waals surface area contributed by atoms with Crippen LogP contribution in [0.3, 0.4) is 0 Å². The minimum Gasteiger partial charge on any atom is -0.376 e. The lowest BCUT2D eigenvalue weighted by atomic mass is 9.86. The van der Waals surface area contributed by atoms with Crippen molar-refractivity contribution in [2.75, 3.05) is 29.9 Å². The lowest BCUT2D eigenvalue weighted by Crippen LogP contribution is -2.49. The minimum absolute atomic E-state index is 0.0139. The molecule has 1 aliphatic rings. The molecular formula is C23H30N6O. The van der Waals surface area contributed by atoms with Gasteiger partial charge in [-0.1, -0.05) is 39.0 Å². The van der Waals surface area contributed by atoms with Gasteiger partial charge in [-0.25, -0.2) is 9.97 Å². The number of fused-ring (bicyclic) bond motifs is 1. The van der Waals surface area contributed by atoms with Gasteiger partial charge in [-0.2, -0.15) is 0 Å². The molecule has 1 unspecified atom stereocenters. The maximum absolute atomic E-state index is 12.6. The fraction of sp³-hybridized carbons (Fsp3) is 0.435.